The van der Waals surface area contributed by atoms with Crippen molar-refractivity contribution in [1.29, 1.82) is 5.26 Å². The molecular weight excluding hydrogens is 245 g/mol. The molecule has 1 aromatic carbocycles. The van der Waals surface area contributed by atoms with Crippen LogP contribution in [0.25, 0.3) is 0 Å². The number of nitrogens with zero attached hydrogens (tertiary/aromatic N) is 2. The Hall–Kier alpha value is -2.74. The summed E-state index contributed by atoms with van der Waals surface area (Å²) in [6, 6.07) is 7.65. The van der Waals surface area contributed by atoms with Crippen LogP contribution in [0.3, 0.4) is 0 Å². The van der Waals surface area contributed by atoms with E-state index >= 15 is 0 Å². The highest BCUT2D eigenvalue weighted by molar-refractivity contribution is 6.04. The molecule has 0 radical (unpaired) electrons. The van der Waals surface area contributed by atoms with E-state index in [0.717, 1.165) is 0 Å². The van der Waals surface area contributed by atoms with Gasteiger partial charge >= 0.3 is 0 Å². The van der Waals surface area contributed by atoms with Crippen LogP contribution in [0.4, 0.5) is 10.1 Å². The molecule has 1 amide bonds. The number of carbonyl (C=O) groups excluding carboxylic acids is 1. The zero-order chi connectivity index (χ0) is 13.8. The molecular formula is C14H10FN3O. The molecule has 19 heavy (non-hydrogen) atoms. The number of carbonyl (C=O) groups is 1. The van der Waals surface area contributed by atoms with Gasteiger partial charge in [-0.1, -0.05) is 0 Å². The van der Waals surface area contributed by atoms with Crippen LogP contribution in [0.1, 0.15) is 21.5 Å². The quantitative estimate of drug-likeness (QED) is 0.897. The van der Waals surface area contributed by atoms with Crippen LogP contribution in [0.15, 0.2) is 36.7 Å². The second-order valence-electron chi connectivity index (χ2n) is 3.99. The number of anilines is 1. The third-order valence-corrected chi connectivity index (χ3v) is 2.55. The largest absolute Gasteiger partial charge is 0.322 e. The number of aryl methyl sites for hydroxylation is 1. The number of aromatic nitrogens is 1. The molecule has 1 heterocycles. The van der Waals surface area contributed by atoms with Gasteiger partial charge in [-0.15, -0.1) is 0 Å². The van der Waals surface area contributed by atoms with Crippen LogP contribution in [0, 0.1) is 24.1 Å². The van der Waals surface area contributed by atoms with Gasteiger partial charge in [0.1, 0.15) is 11.9 Å². The first-order valence-electron chi connectivity index (χ1n) is 5.53. The lowest BCUT2D eigenvalue weighted by molar-refractivity contribution is 0.102. The summed E-state index contributed by atoms with van der Waals surface area (Å²) in [7, 11) is 0. The fourth-order valence-electron chi connectivity index (χ4n) is 1.55. The minimum atomic E-state index is -0.393. The molecule has 0 spiro atoms. The highest BCUT2D eigenvalue weighted by atomic mass is 19.1. The fourth-order valence-corrected chi connectivity index (χ4v) is 1.55. The lowest BCUT2D eigenvalue weighted by Crippen LogP contribution is -2.12. The summed E-state index contributed by atoms with van der Waals surface area (Å²) < 4.78 is 13.1. The number of pyridine rings is 1. The Balaban J connectivity index is 2.21. The maximum Gasteiger partial charge on any atom is 0.257 e. The fraction of sp³-hybridized carbons (Fsp3) is 0.0714. The van der Waals surface area contributed by atoms with E-state index in [9.17, 15) is 9.18 Å². The molecule has 0 aliphatic heterocycles. The summed E-state index contributed by atoms with van der Waals surface area (Å²) in [5.41, 5.74) is 1.52. The Morgan fingerprint density at radius 3 is 2.84 bits per heavy atom. The second kappa shape index (κ2) is 5.27. The summed E-state index contributed by atoms with van der Waals surface area (Å²) in [5.74, 6) is -0.721. The van der Waals surface area contributed by atoms with Crippen molar-refractivity contribution in [3.8, 4) is 6.07 Å². The van der Waals surface area contributed by atoms with Crippen LogP contribution in [0.5, 0.6) is 0 Å². The van der Waals surface area contributed by atoms with E-state index in [2.05, 4.69) is 10.3 Å². The predicted molar refractivity (Wildman–Crippen MR) is 68.0 cm³/mol. The predicted octanol–water partition coefficient (Wildman–Crippen LogP) is 2.65. The van der Waals surface area contributed by atoms with Crippen LogP contribution in [-0.4, -0.2) is 10.9 Å². The van der Waals surface area contributed by atoms with Crippen molar-refractivity contribution in [2.75, 3.05) is 5.32 Å². The van der Waals surface area contributed by atoms with E-state index in [-0.39, 0.29) is 11.4 Å². The SMILES string of the molecule is Cc1cc(NC(=O)c2cncc(C#N)c2)ccc1F. The molecule has 0 saturated carbocycles. The number of nitriles is 1. The molecule has 1 N–H and O–H groups in total. The Labute approximate surface area is 109 Å². The Morgan fingerprint density at radius 2 is 2.16 bits per heavy atom. The van der Waals surface area contributed by atoms with Crippen molar-refractivity contribution in [2.45, 2.75) is 6.92 Å². The Kier molecular flexibility index (Phi) is 3.53. The van der Waals surface area contributed by atoms with E-state index in [1.807, 2.05) is 6.07 Å². The first-order chi connectivity index (χ1) is 9.10. The zero-order valence-electron chi connectivity index (χ0n) is 10.1. The van der Waals surface area contributed by atoms with Crippen molar-refractivity contribution in [1.82, 2.24) is 4.98 Å². The number of hydrogen-bond acceptors (Lipinski definition) is 3. The van der Waals surface area contributed by atoms with Gasteiger partial charge in [0.05, 0.1) is 11.1 Å². The lowest BCUT2D eigenvalue weighted by atomic mass is 10.2. The zero-order valence-corrected chi connectivity index (χ0v) is 10.1. The second-order valence-corrected chi connectivity index (χ2v) is 3.99. The minimum Gasteiger partial charge on any atom is -0.322 e. The summed E-state index contributed by atoms with van der Waals surface area (Å²) in [4.78, 5) is 15.7. The molecule has 0 fully saturated rings. The van der Waals surface area contributed by atoms with E-state index in [4.69, 9.17) is 5.26 Å². The average molecular weight is 255 g/mol. The van der Waals surface area contributed by atoms with Gasteiger partial charge in [-0.25, -0.2) is 4.39 Å². The van der Waals surface area contributed by atoms with Gasteiger partial charge in [0.15, 0.2) is 0 Å². The molecule has 0 aliphatic rings. The highest BCUT2D eigenvalue weighted by Gasteiger charge is 2.08. The van der Waals surface area contributed by atoms with Gasteiger partial charge < -0.3 is 5.32 Å². The van der Waals surface area contributed by atoms with Crippen molar-refractivity contribution in [3.63, 3.8) is 0 Å². The Morgan fingerprint density at radius 1 is 1.37 bits per heavy atom. The van der Waals surface area contributed by atoms with Gasteiger partial charge in [-0.3, -0.25) is 9.78 Å². The average Bonchev–Trinajstić information content (AvgIpc) is 2.43. The first-order valence-corrected chi connectivity index (χ1v) is 5.53. The maximum absolute atomic E-state index is 13.1. The summed E-state index contributed by atoms with van der Waals surface area (Å²) in [5, 5.41) is 11.4. The monoisotopic (exact) mass is 255 g/mol. The molecule has 0 atom stereocenters. The van der Waals surface area contributed by atoms with Gasteiger partial charge in [0.25, 0.3) is 5.91 Å². The van der Waals surface area contributed by atoms with E-state index in [1.54, 1.807) is 6.92 Å². The van der Waals surface area contributed by atoms with Gasteiger partial charge in [-0.2, -0.15) is 5.26 Å². The number of halogens is 1. The van der Waals surface area contributed by atoms with Crippen LogP contribution < -0.4 is 5.32 Å². The normalized spacial score (nSPS) is 9.74. The van der Waals surface area contributed by atoms with Gasteiger partial charge in [0.2, 0.25) is 0 Å². The molecule has 4 nitrogen and oxygen atoms in total. The summed E-state index contributed by atoms with van der Waals surface area (Å²) in [6.45, 7) is 1.61. The molecule has 0 aliphatic carbocycles. The van der Waals surface area contributed by atoms with Gasteiger partial charge in [0, 0.05) is 18.1 Å². The smallest absolute Gasteiger partial charge is 0.257 e. The molecule has 94 valence electrons. The molecule has 5 heteroatoms. The highest BCUT2D eigenvalue weighted by Crippen LogP contribution is 2.14. The molecule has 2 aromatic rings. The maximum atomic E-state index is 13.1. The number of amides is 1. The number of nitrogens with one attached hydrogen (secondary N) is 1. The van der Waals surface area contributed by atoms with Crippen molar-refractivity contribution >= 4 is 11.6 Å². The minimum absolute atomic E-state index is 0.279. The molecule has 0 saturated heterocycles. The molecule has 1 aromatic heterocycles. The van der Waals surface area contributed by atoms with E-state index in [0.29, 0.717) is 16.8 Å². The van der Waals surface area contributed by atoms with Crippen LogP contribution >= 0.6 is 0 Å². The summed E-state index contributed by atoms with van der Waals surface area (Å²) >= 11 is 0. The van der Waals surface area contributed by atoms with Gasteiger partial charge in [-0.05, 0) is 36.8 Å². The standard InChI is InChI=1S/C14H10FN3O/c1-9-4-12(2-3-13(9)15)18-14(19)11-5-10(6-16)7-17-8-11/h2-5,7-8H,1H3,(H,18,19). The van der Waals surface area contributed by atoms with Crippen LogP contribution in [-0.2, 0) is 0 Å². The van der Waals surface area contributed by atoms with E-state index < -0.39 is 5.91 Å². The molecule has 0 bridgehead atoms. The molecule has 0 unspecified atom stereocenters. The van der Waals surface area contributed by atoms with Crippen molar-refractivity contribution < 1.29 is 9.18 Å². The number of benzene rings is 1. The van der Waals surface area contributed by atoms with Crippen molar-refractivity contribution in [2.24, 2.45) is 0 Å². The molecule has 2 rings (SSSR count). The van der Waals surface area contributed by atoms with Crippen LogP contribution in [0.2, 0.25) is 0 Å². The first kappa shape index (κ1) is 12.7. The number of rotatable bonds is 2. The third kappa shape index (κ3) is 2.93. The summed E-state index contributed by atoms with van der Waals surface area (Å²) in [6.07, 6.45) is 2.74. The topological polar surface area (TPSA) is 65.8 Å². The third-order valence-electron chi connectivity index (χ3n) is 2.55. The Bertz CT molecular complexity index is 677. The number of hydrogen-bond donors (Lipinski definition) is 1. The van der Waals surface area contributed by atoms with Crippen molar-refractivity contribution in [3.05, 3.63) is 59.2 Å². The van der Waals surface area contributed by atoms with E-state index in [1.165, 1.54) is 36.7 Å². The lowest BCUT2D eigenvalue weighted by Gasteiger charge is -2.06.